The zero-order valence-electron chi connectivity index (χ0n) is 14.2. The van der Waals surface area contributed by atoms with Gasteiger partial charge in [-0.2, -0.15) is 0 Å². The van der Waals surface area contributed by atoms with E-state index in [1.54, 1.807) is 24.3 Å². The molecule has 1 aliphatic heterocycles. The highest BCUT2D eigenvalue weighted by Crippen LogP contribution is 2.30. The van der Waals surface area contributed by atoms with Crippen molar-refractivity contribution in [2.75, 3.05) is 25.1 Å². The van der Waals surface area contributed by atoms with Crippen LogP contribution < -0.4 is 20.1 Å². The van der Waals surface area contributed by atoms with Crippen LogP contribution in [0.3, 0.4) is 0 Å². The summed E-state index contributed by atoms with van der Waals surface area (Å²) in [6, 6.07) is 12.4. The maximum Gasteiger partial charge on any atom is 0.322 e. The molecule has 0 spiro atoms. The predicted molar refractivity (Wildman–Crippen MR) is 95.8 cm³/mol. The number of anilines is 1. The molecule has 1 heterocycles. The van der Waals surface area contributed by atoms with Gasteiger partial charge in [0.1, 0.15) is 6.54 Å². The van der Waals surface area contributed by atoms with Gasteiger partial charge in [-0.3, -0.25) is 9.59 Å². The first-order valence-electron chi connectivity index (χ1n) is 8.35. The molecule has 2 aromatic carbocycles. The summed E-state index contributed by atoms with van der Waals surface area (Å²) in [6.07, 6.45) is 0.834. The molecular formula is C19H20N2O5. The van der Waals surface area contributed by atoms with Crippen molar-refractivity contribution in [1.82, 2.24) is 5.32 Å². The predicted octanol–water partition coefficient (Wildman–Crippen LogP) is 2.27. The molecule has 0 bridgehead atoms. The molecule has 0 fully saturated rings. The van der Waals surface area contributed by atoms with E-state index in [0.29, 0.717) is 42.5 Å². The molecule has 0 aromatic heterocycles. The van der Waals surface area contributed by atoms with Crippen LogP contribution in [0, 0.1) is 0 Å². The van der Waals surface area contributed by atoms with E-state index in [0.717, 1.165) is 12.0 Å². The Morgan fingerprint density at radius 3 is 2.62 bits per heavy atom. The summed E-state index contributed by atoms with van der Waals surface area (Å²) >= 11 is 0. The van der Waals surface area contributed by atoms with Crippen LogP contribution in [0.2, 0.25) is 0 Å². The number of hydrogen-bond acceptors (Lipinski definition) is 5. The van der Waals surface area contributed by atoms with E-state index in [-0.39, 0.29) is 12.5 Å². The molecule has 2 aromatic rings. The lowest BCUT2D eigenvalue weighted by Gasteiger charge is -2.12. The van der Waals surface area contributed by atoms with Crippen molar-refractivity contribution in [2.45, 2.75) is 13.0 Å². The van der Waals surface area contributed by atoms with Gasteiger partial charge in [0.05, 0.1) is 18.8 Å². The van der Waals surface area contributed by atoms with Crippen LogP contribution in [0.1, 0.15) is 22.3 Å². The number of rotatable bonds is 6. The largest absolute Gasteiger partial charge is 0.490 e. The Balaban J connectivity index is 1.66. The van der Waals surface area contributed by atoms with Crippen molar-refractivity contribution in [3.05, 3.63) is 53.6 Å². The molecule has 0 saturated heterocycles. The molecule has 0 unspecified atom stereocenters. The zero-order valence-corrected chi connectivity index (χ0v) is 14.2. The van der Waals surface area contributed by atoms with Crippen LogP contribution in [0.4, 0.5) is 5.69 Å². The highest BCUT2D eigenvalue weighted by atomic mass is 16.5. The van der Waals surface area contributed by atoms with Crippen molar-refractivity contribution in [3.8, 4) is 11.5 Å². The molecule has 1 amide bonds. The number of benzene rings is 2. The third kappa shape index (κ3) is 4.44. The molecule has 0 atom stereocenters. The fraction of sp³-hybridized carbons (Fsp3) is 0.263. The van der Waals surface area contributed by atoms with Crippen molar-refractivity contribution in [3.63, 3.8) is 0 Å². The van der Waals surface area contributed by atoms with E-state index in [2.05, 4.69) is 10.6 Å². The molecule has 1 aliphatic rings. The summed E-state index contributed by atoms with van der Waals surface area (Å²) < 4.78 is 11.2. The van der Waals surface area contributed by atoms with Crippen molar-refractivity contribution >= 4 is 17.6 Å². The lowest BCUT2D eigenvalue weighted by atomic mass is 10.1. The fourth-order valence-electron chi connectivity index (χ4n) is 2.60. The monoisotopic (exact) mass is 356 g/mol. The molecule has 3 rings (SSSR count). The van der Waals surface area contributed by atoms with Crippen molar-refractivity contribution < 1.29 is 24.2 Å². The minimum Gasteiger partial charge on any atom is -0.490 e. The highest BCUT2D eigenvalue weighted by Gasteiger charge is 2.13. The Morgan fingerprint density at radius 2 is 1.81 bits per heavy atom. The normalized spacial score (nSPS) is 12.8. The average Bonchev–Trinajstić information content (AvgIpc) is 2.89. The number of aliphatic carboxylic acids is 1. The lowest BCUT2D eigenvalue weighted by molar-refractivity contribution is -0.134. The van der Waals surface area contributed by atoms with Crippen molar-refractivity contribution in [1.29, 1.82) is 0 Å². The topological polar surface area (TPSA) is 96.9 Å². The third-order valence-corrected chi connectivity index (χ3v) is 3.87. The number of ether oxygens (including phenoxy) is 2. The number of carboxylic acid groups (broad SMARTS) is 1. The smallest absolute Gasteiger partial charge is 0.322 e. The van der Waals surface area contributed by atoms with Crippen LogP contribution >= 0.6 is 0 Å². The number of hydrogen-bond donors (Lipinski definition) is 3. The molecule has 3 N–H and O–H groups in total. The first kappa shape index (κ1) is 17.6. The second-order valence-electron chi connectivity index (χ2n) is 5.81. The quantitative estimate of drug-likeness (QED) is 0.735. The maximum atomic E-state index is 12.5. The van der Waals surface area contributed by atoms with E-state index < -0.39 is 5.97 Å². The SMILES string of the molecule is O=C(O)CNc1ccccc1C(=O)NCc1ccc2c(c1)OCCCO2. The lowest BCUT2D eigenvalue weighted by Crippen LogP contribution is -2.24. The van der Waals surface area contributed by atoms with Gasteiger partial charge in [0.2, 0.25) is 0 Å². The number of fused-ring (bicyclic) bond motifs is 1. The second kappa shape index (κ2) is 8.24. The number of carbonyl (C=O) groups excluding carboxylic acids is 1. The highest BCUT2D eigenvalue weighted by molar-refractivity contribution is 5.99. The Hall–Kier alpha value is -3.22. The summed E-state index contributed by atoms with van der Waals surface area (Å²) in [5, 5.41) is 14.4. The second-order valence-corrected chi connectivity index (χ2v) is 5.81. The summed E-state index contributed by atoms with van der Waals surface area (Å²) in [5.74, 6) is 0.108. The van der Waals surface area contributed by atoms with E-state index >= 15 is 0 Å². The summed E-state index contributed by atoms with van der Waals surface area (Å²) in [6.45, 7) is 1.30. The van der Waals surface area contributed by atoms with Crippen molar-refractivity contribution in [2.24, 2.45) is 0 Å². The number of carboxylic acids is 1. The zero-order chi connectivity index (χ0) is 18.4. The number of amides is 1. The van der Waals surface area contributed by atoms with Crippen LogP contribution in [0.25, 0.3) is 0 Å². The van der Waals surface area contributed by atoms with Gasteiger partial charge in [-0.1, -0.05) is 18.2 Å². The van der Waals surface area contributed by atoms with E-state index in [9.17, 15) is 9.59 Å². The average molecular weight is 356 g/mol. The van der Waals surface area contributed by atoms with Gasteiger partial charge in [0.25, 0.3) is 5.91 Å². The summed E-state index contributed by atoms with van der Waals surface area (Å²) in [7, 11) is 0. The van der Waals surface area contributed by atoms with Crippen LogP contribution in [0.15, 0.2) is 42.5 Å². The minimum absolute atomic E-state index is 0.257. The van der Waals surface area contributed by atoms with Crippen LogP contribution in [-0.2, 0) is 11.3 Å². The van der Waals surface area contributed by atoms with E-state index in [1.165, 1.54) is 0 Å². The van der Waals surface area contributed by atoms with Gasteiger partial charge in [-0.15, -0.1) is 0 Å². The molecule has 7 heteroatoms. The standard InChI is InChI=1S/C19H20N2O5/c22-18(23)12-20-15-5-2-1-4-14(15)19(24)21-11-13-6-7-16-17(10-13)26-9-3-8-25-16/h1-2,4-7,10,20H,3,8-9,11-12H2,(H,21,24)(H,22,23). The first-order valence-corrected chi connectivity index (χ1v) is 8.35. The Morgan fingerprint density at radius 1 is 1.04 bits per heavy atom. The van der Waals surface area contributed by atoms with Gasteiger partial charge < -0.3 is 25.2 Å². The maximum absolute atomic E-state index is 12.5. The fourth-order valence-corrected chi connectivity index (χ4v) is 2.60. The first-order chi connectivity index (χ1) is 12.6. The molecule has 136 valence electrons. The van der Waals surface area contributed by atoms with Gasteiger partial charge in [-0.05, 0) is 29.8 Å². The summed E-state index contributed by atoms with van der Waals surface area (Å²) in [5.41, 5.74) is 1.76. The molecular weight excluding hydrogens is 336 g/mol. The van der Waals surface area contributed by atoms with Crippen LogP contribution in [-0.4, -0.2) is 36.7 Å². The Kier molecular flexibility index (Phi) is 5.58. The number of para-hydroxylation sites is 1. The van der Waals surface area contributed by atoms with Gasteiger partial charge in [0, 0.05) is 18.7 Å². The van der Waals surface area contributed by atoms with Gasteiger partial charge in [0.15, 0.2) is 11.5 Å². The molecule has 7 nitrogen and oxygen atoms in total. The molecule has 26 heavy (non-hydrogen) atoms. The summed E-state index contributed by atoms with van der Waals surface area (Å²) in [4.78, 5) is 23.2. The molecule has 0 saturated carbocycles. The number of nitrogens with one attached hydrogen (secondary N) is 2. The molecule has 0 radical (unpaired) electrons. The van der Waals surface area contributed by atoms with Crippen LogP contribution in [0.5, 0.6) is 11.5 Å². The molecule has 0 aliphatic carbocycles. The van der Waals surface area contributed by atoms with E-state index in [4.69, 9.17) is 14.6 Å². The third-order valence-electron chi connectivity index (χ3n) is 3.87. The minimum atomic E-state index is -0.993. The van der Waals surface area contributed by atoms with E-state index in [1.807, 2.05) is 18.2 Å². The number of carbonyl (C=O) groups is 2. The van der Waals surface area contributed by atoms with Gasteiger partial charge >= 0.3 is 5.97 Å². The Bertz CT molecular complexity index is 806. The Labute approximate surface area is 150 Å². The van der Waals surface area contributed by atoms with Gasteiger partial charge in [-0.25, -0.2) is 0 Å².